The molecule has 104 valence electrons. The van der Waals surface area contributed by atoms with E-state index in [-0.39, 0.29) is 5.82 Å². The largest absolute Gasteiger partial charge is 0.437 e. The minimum Gasteiger partial charge on any atom is -0.437 e. The predicted molar refractivity (Wildman–Crippen MR) is 73.4 cm³/mol. The van der Waals surface area contributed by atoms with Gasteiger partial charge in [0.05, 0.1) is 11.9 Å². The van der Waals surface area contributed by atoms with Gasteiger partial charge < -0.3 is 10.1 Å². The van der Waals surface area contributed by atoms with E-state index in [0.717, 1.165) is 31.6 Å². The number of rotatable bonds is 3. The number of aromatic nitrogens is 2. The molecule has 0 saturated carbocycles. The van der Waals surface area contributed by atoms with Crippen molar-refractivity contribution in [2.45, 2.75) is 18.8 Å². The number of nitrogens with one attached hydrogen (secondary N) is 1. The fourth-order valence-electron chi connectivity index (χ4n) is 2.36. The summed E-state index contributed by atoms with van der Waals surface area (Å²) in [6.45, 7) is 1.97. The second kappa shape index (κ2) is 5.96. The van der Waals surface area contributed by atoms with Crippen LogP contribution in [-0.2, 0) is 0 Å². The Bertz CT molecular complexity index is 585. The standard InChI is InChI=1S/C15H16FN3O/c16-12-4-1-5-13(7-12)20-15-10-18-9-14(19-15)11-3-2-6-17-8-11/h1,4-5,7,9-11,17H,2-3,6,8H2/t11-/m0/s1. The smallest absolute Gasteiger partial charge is 0.238 e. The Labute approximate surface area is 117 Å². The maximum atomic E-state index is 13.1. The lowest BCUT2D eigenvalue weighted by molar-refractivity contribution is 0.430. The Morgan fingerprint density at radius 3 is 3.05 bits per heavy atom. The first-order valence-corrected chi connectivity index (χ1v) is 6.77. The van der Waals surface area contributed by atoms with Crippen molar-refractivity contribution >= 4 is 0 Å². The maximum absolute atomic E-state index is 13.1. The molecule has 1 aliphatic heterocycles. The summed E-state index contributed by atoms with van der Waals surface area (Å²) >= 11 is 0. The van der Waals surface area contributed by atoms with Crippen LogP contribution in [-0.4, -0.2) is 23.1 Å². The molecular formula is C15H16FN3O. The molecule has 1 saturated heterocycles. The van der Waals surface area contributed by atoms with Gasteiger partial charge in [-0.1, -0.05) is 6.07 Å². The molecule has 1 fully saturated rings. The van der Waals surface area contributed by atoms with Gasteiger partial charge in [0.1, 0.15) is 11.6 Å². The molecular weight excluding hydrogens is 257 g/mol. The van der Waals surface area contributed by atoms with Crippen molar-refractivity contribution in [3.05, 3.63) is 48.2 Å². The molecule has 0 unspecified atom stereocenters. The highest BCUT2D eigenvalue weighted by Crippen LogP contribution is 2.24. The Kier molecular flexibility index (Phi) is 3.87. The molecule has 1 aliphatic rings. The summed E-state index contributed by atoms with van der Waals surface area (Å²) in [6, 6.07) is 6.01. The van der Waals surface area contributed by atoms with Crippen LogP contribution < -0.4 is 10.1 Å². The minimum atomic E-state index is -0.330. The van der Waals surface area contributed by atoms with E-state index < -0.39 is 0 Å². The van der Waals surface area contributed by atoms with Gasteiger partial charge in [-0.15, -0.1) is 0 Å². The predicted octanol–water partition coefficient (Wildman–Crippen LogP) is 2.88. The van der Waals surface area contributed by atoms with Gasteiger partial charge in [0.15, 0.2) is 0 Å². The Morgan fingerprint density at radius 1 is 1.30 bits per heavy atom. The summed E-state index contributed by atoms with van der Waals surface area (Å²) < 4.78 is 18.7. The minimum absolute atomic E-state index is 0.330. The fourth-order valence-corrected chi connectivity index (χ4v) is 2.36. The van der Waals surface area contributed by atoms with Gasteiger partial charge in [-0.25, -0.2) is 9.37 Å². The zero-order valence-electron chi connectivity index (χ0n) is 11.1. The third-order valence-corrected chi connectivity index (χ3v) is 3.36. The number of nitrogens with zero attached hydrogens (tertiary/aromatic N) is 2. The van der Waals surface area contributed by atoms with Gasteiger partial charge in [-0.2, -0.15) is 0 Å². The Hall–Kier alpha value is -2.01. The van der Waals surface area contributed by atoms with Crippen molar-refractivity contribution in [3.63, 3.8) is 0 Å². The van der Waals surface area contributed by atoms with Crippen LogP contribution in [0.4, 0.5) is 4.39 Å². The normalized spacial score (nSPS) is 18.8. The average molecular weight is 273 g/mol. The van der Waals surface area contributed by atoms with Crippen molar-refractivity contribution in [1.29, 1.82) is 0 Å². The topological polar surface area (TPSA) is 47.0 Å². The van der Waals surface area contributed by atoms with Crippen molar-refractivity contribution in [2.24, 2.45) is 0 Å². The number of ether oxygens (including phenoxy) is 1. The molecule has 1 atom stereocenters. The van der Waals surface area contributed by atoms with Crippen molar-refractivity contribution in [3.8, 4) is 11.6 Å². The van der Waals surface area contributed by atoms with Crippen LogP contribution in [0.3, 0.4) is 0 Å². The maximum Gasteiger partial charge on any atom is 0.238 e. The van der Waals surface area contributed by atoms with Crippen LogP contribution in [0.5, 0.6) is 11.6 Å². The SMILES string of the molecule is Fc1cccc(Oc2cncc([C@H]3CCCNC3)n2)c1. The lowest BCUT2D eigenvalue weighted by atomic mass is 9.97. The van der Waals surface area contributed by atoms with Crippen LogP contribution >= 0.6 is 0 Å². The highest BCUT2D eigenvalue weighted by Gasteiger charge is 2.17. The molecule has 3 rings (SSSR count). The summed E-state index contributed by atoms with van der Waals surface area (Å²) in [5, 5.41) is 3.35. The van der Waals surface area contributed by atoms with Gasteiger partial charge in [-0.3, -0.25) is 4.98 Å². The van der Waals surface area contributed by atoms with Crippen LogP contribution in [0.1, 0.15) is 24.5 Å². The zero-order chi connectivity index (χ0) is 13.8. The molecule has 1 aromatic carbocycles. The summed E-state index contributed by atoms with van der Waals surface area (Å²) in [7, 11) is 0. The summed E-state index contributed by atoms with van der Waals surface area (Å²) in [5.74, 6) is 0.868. The van der Waals surface area contributed by atoms with Crippen LogP contribution in [0.25, 0.3) is 0 Å². The number of benzene rings is 1. The van der Waals surface area contributed by atoms with Gasteiger partial charge in [0.2, 0.25) is 5.88 Å². The van der Waals surface area contributed by atoms with Crippen molar-refractivity contribution in [2.75, 3.05) is 13.1 Å². The van der Waals surface area contributed by atoms with Crippen LogP contribution in [0.15, 0.2) is 36.7 Å². The zero-order valence-corrected chi connectivity index (χ0v) is 11.1. The molecule has 1 N–H and O–H groups in total. The lowest BCUT2D eigenvalue weighted by Gasteiger charge is -2.22. The van der Waals surface area contributed by atoms with E-state index >= 15 is 0 Å². The summed E-state index contributed by atoms with van der Waals surface area (Å²) in [6.07, 6.45) is 5.56. The molecule has 2 aromatic rings. The Morgan fingerprint density at radius 2 is 2.25 bits per heavy atom. The molecule has 5 heteroatoms. The summed E-state index contributed by atoms with van der Waals surface area (Å²) in [5.41, 5.74) is 0.922. The number of hydrogen-bond donors (Lipinski definition) is 1. The second-order valence-electron chi connectivity index (χ2n) is 4.88. The van der Waals surface area contributed by atoms with Gasteiger partial charge in [0, 0.05) is 24.7 Å². The van der Waals surface area contributed by atoms with E-state index in [9.17, 15) is 4.39 Å². The van der Waals surface area contributed by atoms with Crippen molar-refractivity contribution < 1.29 is 9.13 Å². The number of piperidine rings is 1. The molecule has 4 nitrogen and oxygen atoms in total. The number of halogens is 1. The molecule has 2 heterocycles. The number of hydrogen-bond acceptors (Lipinski definition) is 4. The van der Waals surface area contributed by atoms with Crippen LogP contribution in [0, 0.1) is 5.82 Å². The highest BCUT2D eigenvalue weighted by molar-refractivity contribution is 5.27. The molecule has 0 radical (unpaired) electrons. The quantitative estimate of drug-likeness (QED) is 0.934. The molecule has 0 amide bonds. The second-order valence-corrected chi connectivity index (χ2v) is 4.88. The fraction of sp³-hybridized carbons (Fsp3) is 0.333. The van der Waals surface area contributed by atoms with E-state index in [1.54, 1.807) is 24.5 Å². The Balaban J connectivity index is 1.77. The highest BCUT2D eigenvalue weighted by atomic mass is 19.1. The van der Waals surface area contributed by atoms with Crippen LogP contribution in [0.2, 0.25) is 0 Å². The molecule has 1 aromatic heterocycles. The third kappa shape index (κ3) is 3.11. The van der Waals surface area contributed by atoms with E-state index in [1.807, 2.05) is 0 Å². The monoisotopic (exact) mass is 273 g/mol. The molecule has 0 spiro atoms. The van der Waals surface area contributed by atoms with E-state index in [4.69, 9.17) is 4.74 Å². The third-order valence-electron chi connectivity index (χ3n) is 3.36. The average Bonchev–Trinajstić information content (AvgIpc) is 2.48. The van der Waals surface area contributed by atoms with Gasteiger partial charge in [0.25, 0.3) is 0 Å². The molecule has 0 bridgehead atoms. The first kappa shape index (κ1) is 13.0. The molecule has 0 aliphatic carbocycles. The summed E-state index contributed by atoms with van der Waals surface area (Å²) in [4.78, 5) is 8.64. The molecule has 20 heavy (non-hydrogen) atoms. The first-order chi connectivity index (χ1) is 9.81. The van der Waals surface area contributed by atoms with E-state index in [2.05, 4.69) is 15.3 Å². The van der Waals surface area contributed by atoms with E-state index in [0.29, 0.717) is 17.5 Å². The first-order valence-electron chi connectivity index (χ1n) is 6.77. The van der Waals surface area contributed by atoms with Crippen molar-refractivity contribution in [1.82, 2.24) is 15.3 Å². The lowest BCUT2D eigenvalue weighted by Crippen LogP contribution is -2.28. The van der Waals surface area contributed by atoms with Gasteiger partial charge in [-0.05, 0) is 31.5 Å². The van der Waals surface area contributed by atoms with Gasteiger partial charge >= 0.3 is 0 Å². The van der Waals surface area contributed by atoms with E-state index in [1.165, 1.54) is 12.1 Å².